The van der Waals surface area contributed by atoms with Crippen LogP contribution >= 0.6 is 0 Å². The molecule has 3 aromatic rings. The lowest BCUT2D eigenvalue weighted by atomic mass is 10.0. The highest BCUT2D eigenvalue weighted by atomic mass is 16.3. The Morgan fingerprint density at radius 2 is 1.34 bits per heavy atom. The van der Waals surface area contributed by atoms with E-state index >= 15 is 0 Å². The number of nitrogens with zero attached hydrogens (tertiary/aromatic N) is 2. The number of aromatic hydroxyl groups is 2. The summed E-state index contributed by atoms with van der Waals surface area (Å²) in [6.45, 7) is 3.56. The number of nitrogens with one attached hydrogen (secondary N) is 1. The monoisotopic (exact) mass is 429 g/mol. The smallest absolute Gasteiger partial charge is 0.277 e. The lowest BCUT2D eigenvalue weighted by Crippen LogP contribution is -2.67. The van der Waals surface area contributed by atoms with Gasteiger partial charge in [-0.3, -0.25) is 14.5 Å². The first kappa shape index (κ1) is 21.0. The predicted octanol–water partition coefficient (Wildman–Crippen LogP) is 3.88. The number of phenolic OH excluding ortho intramolecular Hbond substituents is 2. The number of amides is 2. The van der Waals surface area contributed by atoms with Crippen molar-refractivity contribution in [3.05, 3.63) is 96.3 Å². The van der Waals surface area contributed by atoms with Gasteiger partial charge >= 0.3 is 0 Å². The van der Waals surface area contributed by atoms with Gasteiger partial charge in [0.1, 0.15) is 11.5 Å². The normalized spacial score (nSPS) is 18.0. The molecule has 1 atom stereocenters. The maximum absolute atomic E-state index is 13.7. The first-order chi connectivity index (χ1) is 15.3. The van der Waals surface area contributed by atoms with Crippen molar-refractivity contribution in [2.75, 3.05) is 9.80 Å². The zero-order chi connectivity index (χ0) is 22.9. The van der Waals surface area contributed by atoms with Crippen LogP contribution in [0, 0.1) is 6.92 Å². The number of carbonyl (C=O) groups excluding carboxylic acids is 2. The van der Waals surface area contributed by atoms with Gasteiger partial charge in [0, 0.05) is 29.3 Å². The van der Waals surface area contributed by atoms with Crippen LogP contribution in [-0.4, -0.2) is 27.7 Å². The van der Waals surface area contributed by atoms with Gasteiger partial charge in [0.2, 0.25) is 0 Å². The van der Waals surface area contributed by atoms with Crippen molar-refractivity contribution in [3.63, 3.8) is 0 Å². The fourth-order valence-electron chi connectivity index (χ4n) is 3.57. The van der Waals surface area contributed by atoms with Crippen molar-refractivity contribution >= 4 is 23.2 Å². The van der Waals surface area contributed by atoms with E-state index in [1.807, 2.05) is 19.1 Å². The van der Waals surface area contributed by atoms with Crippen molar-refractivity contribution in [1.82, 2.24) is 5.32 Å². The van der Waals surface area contributed by atoms with E-state index < -0.39 is 11.6 Å². The molecule has 3 aromatic carbocycles. The summed E-state index contributed by atoms with van der Waals surface area (Å²) in [6.07, 6.45) is 3.29. The molecule has 3 N–H and O–H groups in total. The summed E-state index contributed by atoms with van der Waals surface area (Å²) in [7, 11) is 0. The molecule has 32 heavy (non-hydrogen) atoms. The fraction of sp³-hybridized carbons (Fsp3) is 0.120. The molecule has 0 spiro atoms. The van der Waals surface area contributed by atoms with Gasteiger partial charge in [-0.05, 0) is 74.5 Å². The Kier molecular flexibility index (Phi) is 5.32. The number of hydrogen-bond donors (Lipinski definition) is 3. The Labute approximate surface area is 185 Å². The maximum Gasteiger partial charge on any atom is 0.277 e. The number of phenols is 2. The molecule has 162 valence electrons. The highest BCUT2D eigenvalue weighted by Gasteiger charge is 2.46. The van der Waals surface area contributed by atoms with E-state index in [-0.39, 0.29) is 17.4 Å². The van der Waals surface area contributed by atoms with E-state index in [0.29, 0.717) is 16.9 Å². The van der Waals surface area contributed by atoms with Gasteiger partial charge in [0.05, 0.1) is 0 Å². The van der Waals surface area contributed by atoms with Gasteiger partial charge in [0.15, 0.2) is 5.66 Å². The first-order valence-electron chi connectivity index (χ1n) is 10.1. The number of aryl methyl sites for hydroxylation is 1. The molecule has 4 rings (SSSR count). The summed E-state index contributed by atoms with van der Waals surface area (Å²) in [5.74, 6) is -0.606. The SMILES string of the molecule is Cc1ccc(C(=O)NC2(C)C(=O)N(c3ccc(O)cc3)C=CN2c2ccc(O)cc2)cc1. The Morgan fingerprint density at radius 1 is 0.812 bits per heavy atom. The molecular weight excluding hydrogens is 406 g/mol. The van der Waals surface area contributed by atoms with Gasteiger partial charge in [0.25, 0.3) is 11.8 Å². The summed E-state index contributed by atoms with van der Waals surface area (Å²) in [5, 5.41) is 22.1. The van der Waals surface area contributed by atoms with Crippen LogP contribution < -0.4 is 15.1 Å². The Hall–Kier alpha value is -4.26. The van der Waals surface area contributed by atoms with E-state index in [4.69, 9.17) is 0 Å². The van der Waals surface area contributed by atoms with Crippen molar-refractivity contribution in [2.24, 2.45) is 0 Å². The fourth-order valence-corrected chi connectivity index (χ4v) is 3.57. The Bertz CT molecular complexity index is 1170. The quantitative estimate of drug-likeness (QED) is 0.585. The molecule has 7 nitrogen and oxygen atoms in total. The largest absolute Gasteiger partial charge is 0.508 e. The van der Waals surface area contributed by atoms with E-state index in [1.54, 1.807) is 60.6 Å². The minimum absolute atomic E-state index is 0.0864. The van der Waals surface area contributed by atoms with Crippen molar-refractivity contribution in [2.45, 2.75) is 19.5 Å². The Morgan fingerprint density at radius 3 is 1.91 bits per heavy atom. The average molecular weight is 429 g/mol. The molecule has 1 aliphatic rings. The molecule has 1 heterocycles. The van der Waals surface area contributed by atoms with Crippen LogP contribution in [0.1, 0.15) is 22.8 Å². The molecular formula is C25H23N3O4. The molecule has 1 aliphatic heterocycles. The zero-order valence-electron chi connectivity index (χ0n) is 17.7. The third-order valence-electron chi connectivity index (χ3n) is 5.41. The second-order valence-electron chi connectivity index (χ2n) is 7.77. The van der Waals surface area contributed by atoms with Crippen LogP contribution in [0.2, 0.25) is 0 Å². The number of hydrogen-bond acceptors (Lipinski definition) is 5. The van der Waals surface area contributed by atoms with Crippen molar-refractivity contribution in [1.29, 1.82) is 0 Å². The molecule has 0 aliphatic carbocycles. The predicted molar refractivity (Wildman–Crippen MR) is 122 cm³/mol. The van der Waals surface area contributed by atoms with Crippen LogP contribution in [0.25, 0.3) is 0 Å². The molecule has 0 saturated carbocycles. The van der Waals surface area contributed by atoms with Crippen molar-refractivity contribution < 1.29 is 19.8 Å². The molecule has 0 bridgehead atoms. The van der Waals surface area contributed by atoms with Gasteiger partial charge in [-0.1, -0.05) is 17.7 Å². The molecule has 0 fully saturated rings. The minimum atomic E-state index is -1.47. The minimum Gasteiger partial charge on any atom is -0.508 e. The second kappa shape index (κ2) is 8.11. The highest BCUT2D eigenvalue weighted by molar-refractivity contribution is 6.08. The lowest BCUT2D eigenvalue weighted by molar-refractivity contribution is -0.123. The lowest BCUT2D eigenvalue weighted by Gasteiger charge is -2.45. The summed E-state index contributed by atoms with van der Waals surface area (Å²) in [5.41, 5.74) is 1.15. The molecule has 0 saturated heterocycles. The van der Waals surface area contributed by atoms with Crippen LogP contribution in [0.15, 0.2) is 85.2 Å². The molecule has 7 heteroatoms. The Balaban J connectivity index is 1.75. The van der Waals surface area contributed by atoms with E-state index in [9.17, 15) is 19.8 Å². The third-order valence-corrected chi connectivity index (χ3v) is 5.41. The van der Waals surface area contributed by atoms with Crippen LogP contribution in [-0.2, 0) is 4.79 Å². The van der Waals surface area contributed by atoms with Crippen molar-refractivity contribution in [3.8, 4) is 11.5 Å². The summed E-state index contributed by atoms with van der Waals surface area (Å²) in [6, 6.07) is 19.7. The summed E-state index contributed by atoms with van der Waals surface area (Å²) >= 11 is 0. The van der Waals surface area contributed by atoms with Crippen LogP contribution in [0.3, 0.4) is 0 Å². The van der Waals surface area contributed by atoms with Gasteiger partial charge in [-0.2, -0.15) is 0 Å². The topological polar surface area (TPSA) is 93.1 Å². The van der Waals surface area contributed by atoms with Crippen LogP contribution in [0.4, 0.5) is 11.4 Å². The average Bonchev–Trinajstić information content (AvgIpc) is 2.78. The molecule has 2 amide bonds. The molecule has 0 aromatic heterocycles. The number of benzene rings is 3. The number of anilines is 2. The number of carbonyl (C=O) groups is 2. The zero-order valence-corrected chi connectivity index (χ0v) is 17.7. The number of rotatable bonds is 4. The summed E-state index contributed by atoms with van der Waals surface area (Å²) < 4.78 is 0. The van der Waals surface area contributed by atoms with E-state index in [0.717, 1.165) is 5.56 Å². The van der Waals surface area contributed by atoms with Gasteiger partial charge in [-0.25, -0.2) is 0 Å². The van der Waals surface area contributed by atoms with E-state index in [2.05, 4.69) is 5.32 Å². The molecule has 1 unspecified atom stereocenters. The maximum atomic E-state index is 13.7. The molecule has 0 radical (unpaired) electrons. The van der Waals surface area contributed by atoms with Gasteiger partial charge in [-0.15, -0.1) is 0 Å². The van der Waals surface area contributed by atoms with Crippen LogP contribution in [0.5, 0.6) is 11.5 Å². The standard InChI is InChI=1S/C25H23N3O4/c1-17-3-5-18(6-4-17)23(31)26-25(2)24(32)27(19-7-11-21(29)12-8-19)15-16-28(25)20-9-13-22(30)14-10-20/h3-16,29-30H,1-2H3,(H,26,31). The second-order valence-corrected chi connectivity index (χ2v) is 7.77. The first-order valence-corrected chi connectivity index (χ1v) is 10.1. The highest BCUT2D eigenvalue weighted by Crippen LogP contribution is 2.32. The van der Waals surface area contributed by atoms with E-state index in [1.165, 1.54) is 29.2 Å². The van der Waals surface area contributed by atoms with Gasteiger partial charge < -0.3 is 20.4 Å². The third kappa shape index (κ3) is 3.88. The summed E-state index contributed by atoms with van der Waals surface area (Å²) in [4.78, 5) is 29.9.